The monoisotopic (exact) mass is 345 g/mol. The third-order valence-electron chi connectivity index (χ3n) is 4.74. The van der Waals surface area contributed by atoms with Crippen LogP contribution >= 0.6 is 12.4 Å². The molecule has 0 unspecified atom stereocenters. The highest BCUT2D eigenvalue weighted by Crippen LogP contribution is 2.43. The Kier molecular flexibility index (Phi) is 3.41. The molecule has 122 valence electrons. The van der Waals surface area contributed by atoms with Gasteiger partial charge in [-0.2, -0.15) is 0 Å². The number of hydrogen-bond donors (Lipinski definition) is 2. The van der Waals surface area contributed by atoms with Crippen LogP contribution in [0.3, 0.4) is 0 Å². The largest absolute Gasteiger partial charge is 0.370 e. The molecule has 0 atom stereocenters. The zero-order valence-electron chi connectivity index (χ0n) is 13.4. The van der Waals surface area contributed by atoms with Crippen LogP contribution in [-0.2, 0) is 0 Å². The van der Waals surface area contributed by atoms with Gasteiger partial charge in [-0.05, 0) is 43.8 Å². The summed E-state index contributed by atoms with van der Waals surface area (Å²) < 4.78 is 0. The van der Waals surface area contributed by atoms with Gasteiger partial charge in [-0.25, -0.2) is 4.99 Å². The first-order valence-corrected chi connectivity index (χ1v) is 7.92. The molecule has 5 rings (SSSR count). The van der Waals surface area contributed by atoms with Crippen molar-refractivity contribution < 1.29 is 0 Å². The maximum absolute atomic E-state index is 5.67. The summed E-state index contributed by atoms with van der Waals surface area (Å²) in [5.74, 6) is 0.0779. The van der Waals surface area contributed by atoms with Crippen LogP contribution in [0.15, 0.2) is 71.7 Å². The molecule has 0 aliphatic heterocycles. The number of benzene rings is 5. The van der Waals surface area contributed by atoms with Crippen LogP contribution in [0.5, 0.6) is 0 Å². The van der Waals surface area contributed by atoms with E-state index in [1.165, 1.54) is 37.7 Å². The molecule has 4 heteroatoms. The molecule has 0 bridgehead atoms. The van der Waals surface area contributed by atoms with Crippen LogP contribution in [0.1, 0.15) is 0 Å². The average molecular weight is 346 g/mol. The van der Waals surface area contributed by atoms with Gasteiger partial charge in [0, 0.05) is 5.39 Å². The number of fused-ring (bicyclic) bond motifs is 2. The van der Waals surface area contributed by atoms with Gasteiger partial charge in [0.2, 0.25) is 0 Å². The van der Waals surface area contributed by atoms with E-state index in [0.29, 0.717) is 0 Å². The summed E-state index contributed by atoms with van der Waals surface area (Å²) in [6.07, 6.45) is 0. The number of rotatable bonds is 1. The van der Waals surface area contributed by atoms with Gasteiger partial charge in [0.25, 0.3) is 0 Å². The Bertz CT molecular complexity index is 1270. The first-order chi connectivity index (χ1) is 11.7. The normalized spacial score (nSPS) is 11.2. The van der Waals surface area contributed by atoms with Crippen molar-refractivity contribution >= 4 is 67.1 Å². The number of aliphatic imine (C=N–C) groups is 1. The van der Waals surface area contributed by atoms with Crippen LogP contribution in [0, 0.1) is 0 Å². The van der Waals surface area contributed by atoms with Crippen molar-refractivity contribution in [3.8, 4) is 0 Å². The van der Waals surface area contributed by atoms with Crippen LogP contribution in [0.4, 0.5) is 5.69 Å². The Hall–Kier alpha value is -3.04. The predicted molar refractivity (Wildman–Crippen MR) is 110 cm³/mol. The Morgan fingerprint density at radius 1 is 0.600 bits per heavy atom. The van der Waals surface area contributed by atoms with Gasteiger partial charge in [-0.3, -0.25) is 0 Å². The van der Waals surface area contributed by atoms with Gasteiger partial charge in [0.1, 0.15) is 0 Å². The molecule has 25 heavy (non-hydrogen) atoms. The average Bonchev–Trinajstić information content (AvgIpc) is 2.59. The molecule has 0 amide bonds. The Morgan fingerprint density at radius 3 is 1.80 bits per heavy atom. The van der Waals surface area contributed by atoms with Gasteiger partial charge in [0.05, 0.1) is 5.69 Å². The van der Waals surface area contributed by atoms with E-state index in [4.69, 9.17) is 11.5 Å². The Balaban J connectivity index is 0.00000157. The third-order valence-corrected chi connectivity index (χ3v) is 4.74. The fourth-order valence-electron chi connectivity index (χ4n) is 3.87. The summed E-state index contributed by atoms with van der Waals surface area (Å²) in [5.41, 5.74) is 12.2. The zero-order chi connectivity index (χ0) is 16.3. The van der Waals surface area contributed by atoms with Crippen LogP contribution < -0.4 is 11.5 Å². The molecule has 0 spiro atoms. The van der Waals surface area contributed by atoms with Crippen molar-refractivity contribution in [3.63, 3.8) is 0 Å². The highest BCUT2D eigenvalue weighted by Gasteiger charge is 2.14. The molecule has 5 aromatic carbocycles. The van der Waals surface area contributed by atoms with E-state index in [-0.39, 0.29) is 18.4 Å². The number of nitrogens with two attached hydrogens (primary N) is 2. The Morgan fingerprint density at radius 2 is 1.16 bits per heavy atom. The molecule has 0 saturated carbocycles. The molecule has 5 aromatic rings. The molecular weight excluding hydrogens is 330 g/mol. The van der Waals surface area contributed by atoms with Crippen LogP contribution in [0.25, 0.3) is 43.1 Å². The molecule has 0 aliphatic rings. The molecule has 3 nitrogen and oxygen atoms in total. The molecule has 0 fully saturated rings. The van der Waals surface area contributed by atoms with Crippen LogP contribution in [0.2, 0.25) is 0 Å². The van der Waals surface area contributed by atoms with Crippen molar-refractivity contribution in [1.82, 2.24) is 0 Å². The van der Waals surface area contributed by atoms with Gasteiger partial charge in [-0.15, -0.1) is 12.4 Å². The number of guanidine groups is 1. The standard InChI is InChI=1S/C21H15N3.ClH/c22-21(23)24-17-11-10-13-6-2-8-15-14-7-1-4-12-5-3-9-16(18(12)14)20(17)19(13)15;/h1-11H,(H4,22,23,24);1H. The summed E-state index contributed by atoms with van der Waals surface area (Å²) in [7, 11) is 0. The topological polar surface area (TPSA) is 64.4 Å². The smallest absolute Gasteiger partial charge is 0.191 e. The molecule has 0 aromatic heterocycles. The number of hydrogen-bond acceptors (Lipinski definition) is 1. The highest BCUT2D eigenvalue weighted by atomic mass is 35.5. The summed E-state index contributed by atoms with van der Waals surface area (Å²) in [5, 5.41) is 9.70. The molecule has 0 saturated heterocycles. The van der Waals surface area contributed by atoms with Crippen molar-refractivity contribution in [2.24, 2.45) is 16.5 Å². The molecule has 4 N–H and O–H groups in total. The van der Waals surface area contributed by atoms with Crippen molar-refractivity contribution in [2.45, 2.75) is 0 Å². The lowest BCUT2D eigenvalue weighted by molar-refractivity contribution is 1.45. The van der Waals surface area contributed by atoms with E-state index >= 15 is 0 Å². The quantitative estimate of drug-likeness (QED) is 0.193. The second-order valence-corrected chi connectivity index (χ2v) is 6.11. The second-order valence-electron chi connectivity index (χ2n) is 6.11. The summed E-state index contributed by atoms with van der Waals surface area (Å²) >= 11 is 0. The van der Waals surface area contributed by atoms with E-state index in [9.17, 15) is 0 Å². The summed E-state index contributed by atoms with van der Waals surface area (Å²) in [6.45, 7) is 0. The van der Waals surface area contributed by atoms with Gasteiger partial charge in [0.15, 0.2) is 5.96 Å². The Labute approximate surface area is 150 Å². The fraction of sp³-hybridized carbons (Fsp3) is 0. The number of halogens is 1. The lowest BCUT2D eigenvalue weighted by Crippen LogP contribution is -2.21. The van der Waals surface area contributed by atoms with Crippen molar-refractivity contribution in [2.75, 3.05) is 0 Å². The SMILES string of the molecule is Cl.NC(N)=Nc1ccc2cccc3c4cccc5cccc(c1c23)c54. The molecule has 0 aliphatic carbocycles. The highest BCUT2D eigenvalue weighted by molar-refractivity contribution is 6.35. The summed E-state index contributed by atoms with van der Waals surface area (Å²) in [4.78, 5) is 4.39. The maximum Gasteiger partial charge on any atom is 0.191 e. The first kappa shape index (κ1) is 15.5. The second kappa shape index (κ2) is 5.50. The number of nitrogens with zero attached hydrogens (tertiary/aromatic N) is 1. The fourth-order valence-corrected chi connectivity index (χ4v) is 3.87. The molecular formula is C21H16ClN3. The van der Waals surface area contributed by atoms with Gasteiger partial charge >= 0.3 is 0 Å². The van der Waals surface area contributed by atoms with Crippen molar-refractivity contribution in [3.05, 3.63) is 66.7 Å². The third kappa shape index (κ3) is 2.10. The van der Waals surface area contributed by atoms with E-state index < -0.39 is 0 Å². The maximum atomic E-state index is 5.67. The van der Waals surface area contributed by atoms with Gasteiger partial charge in [-0.1, -0.05) is 60.7 Å². The van der Waals surface area contributed by atoms with E-state index in [0.717, 1.165) is 11.1 Å². The lowest BCUT2D eigenvalue weighted by Gasteiger charge is -2.15. The van der Waals surface area contributed by atoms with Crippen molar-refractivity contribution in [1.29, 1.82) is 0 Å². The minimum absolute atomic E-state index is 0. The first-order valence-electron chi connectivity index (χ1n) is 7.92. The van der Waals surface area contributed by atoms with E-state index in [1.54, 1.807) is 0 Å². The molecule has 0 heterocycles. The zero-order valence-corrected chi connectivity index (χ0v) is 14.2. The molecule has 0 radical (unpaired) electrons. The predicted octanol–water partition coefficient (Wildman–Crippen LogP) is 5.06. The van der Waals surface area contributed by atoms with E-state index in [1.807, 2.05) is 6.07 Å². The van der Waals surface area contributed by atoms with Gasteiger partial charge < -0.3 is 11.5 Å². The van der Waals surface area contributed by atoms with Crippen LogP contribution in [-0.4, -0.2) is 5.96 Å². The van der Waals surface area contributed by atoms with E-state index in [2.05, 4.69) is 65.7 Å². The lowest BCUT2D eigenvalue weighted by atomic mass is 9.89. The summed E-state index contributed by atoms with van der Waals surface area (Å²) in [6, 6.07) is 23.3. The minimum atomic E-state index is 0. The minimum Gasteiger partial charge on any atom is -0.370 e.